The van der Waals surface area contributed by atoms with Gasteiger partial charge in [-0.15, -0.1) is 10.2 Å². The molecule has 3 heterocycles. The lowest BCUT2D eigenvalue weighted by atomic mass is 10.3. The number of fused-ring (bicyclic) bond motifs is 1. The molecular weight excluding hydrogens is 218 g/mol. The summed E-state index contributed by atoms with van der Waals surface area (Å²) in [6.07, 6.45) is 0. The van der Waals surface area contributed by atoms with Crippen molar-refractivity contribution in [2.24, 2.45) is 0 Å². The minimum Gasteiger partial charge on any atom is -0.361 e. The summed E-state index contributed by atoms with van der Waals surface area (Å²) in [4.78, 5) is 2.31. The molecule has 1 aliphatic heterocycles. The molecular formula is C11H15N5O. The van der Waals surface area contributed by atoms with Crippen molar-refractivity contribution in [1.82, 2.24) is 24.8 Å². The van der Waals surface area contributed by atoms with Crippen molar-refractivity contribution in [3.63, 3.8) is 0 Å². The van der Waals surface area contributed by atoms with Gasteiger partial charge in [0, 0.05) is 25.7 Å². The lowest BCUT2D eigenvalue weighted by Crippen LogP contribution is -2.33. The zero-order valence-electron chi connectivity index (χ0n) is 10.1. The van der Waals surface area contributed by atoms with Crippen molar-refractivity contribution in [3.8, 4) is 0 Å². The Morgan fingerprint density at radius 1 is 1.29 bits per heavy atom. The Morgan fingerprint density at radius 2 is 2.18 bits per heavy atom. The average Bonchev–Trinajstić information content (AvgIpc) is 2.87. The van der Waals surface area contributed by atoms with Crippen LogP contribution in [-0.4, -0.2) is 31.4 Å². The summed E-state index contributed by atoms with van der Waals surface area (Å²) >= 11 is 0. The molecule has 2 aromatic rings. The minimum absolute atomic E-state index is 0.809. The first-order valence-corrected chi connectivity index (χ1v) is 5.75. The van der Waals surface area contributed by atoms with Crippen LogP contribution in [0, 0.1) is 13.8 Å². The minimum atomic E-state index is 0.809. The van der Waals surface area contributed by atoms with Gasteiger partial charge in [0.15, 0.2) is 0 Å². The summed E-state index contributed by atoms with van der Waals surface area (Å²) in [6.45, 7) is 7.48. The van der Waals surface area contributed by atoms with Gasteiger partial charge < -0.3 is 9.09 Å². The van der Waals surface area contributed by atoms with Crippen LogP contribution in [0.2, 0.25) is 0 Å². The van der Waals surface area contributed by atoms with Gasteiger partial charge in [0.05, 0.1) is 12.2 Å². The normalized spacial score (nSPS) is 16.1. The van der Waals surface area contributed by atoms with Crippen LogP contribution >= 0.6 is 0 Å². The Labute approximate surface area is 99.2 Å². The van der Waals surface area contributed by atoms with E-state index in [-0.39, 0.29) is 0 Å². The Bertz CT molecular complexity index is 530. The summed E-state index contributed by atoms with van der Waals surface area (Å²) in [5, 5.41) is 12.3. The standard InChI is InChI=1S/C11H15N5O/c1-8-5-10(14-17-8)6-15-3-4-16-9(2)12-13-11(16)7-15/h5H,3-4,6-7H2,1-2H3. The van der Waals surface area contributed by atoms with E-state index in [9.17, 15) is 0 Å². The van der Waals surface area contributed by atoms with Gasteiger partial charge in [0.1, 0.15) is 17.4 Å². The molecule has 0 atom stereocenters. The van der Waals surface area contributed by atoms with Crippen LogP contribution in [0.15, 0.2) is 10.6 Å². The van der Waals surface area contributed by atoms with E-state index in [0.717, 1.165) is 49.3 Å². The number of aromatic nitrogens is 4. The van der Waals surface area contributed by atoms with Gasteiger partial charge in [-0.05, 0) is 13.8 Å². The first-order valence-electron chi connectivity index (χ1n) is 5.75. The number of hydrogen-bond acceptors (Lipinski definition) is 5. The van der Waals surface area contributed by atoms with Crippen LogP contribution in [-0.2, 0) is 19.6 Å². The molecule has 90 valence electrons. The van der Waals surface area contributed by atoms with Gasteiger partial charge in [0.25, 0.3) is 0 Å². The molecule has 0 radical (unpaired) electrons. The maximum atomic E-state index is 5.07. The predicted octanol–water partition coefficient (Wildman–Crippen LogP) is 0.899. The molecule has 0 aromatic carbocycles. The SMILES string of the molecule is Cc1cc(CN2CCn3c(C)nnc3C2)no1. The third-order valence-corrected chi connectivity index (χ3v) is 3.08. The average molecular weight is 233 g/mol. The molecule has 0 amide bonds. The molecule has 0 N–H and O–H groups in total. The molecule has 3 rings (SSSR count). The highest BCUT2D eigenvalue weighted by molar-refractivity contribution is 5.04. The maximum Gasteiger partial charge on any atom is 0.147 e. The van der Waals surface area contributed by atoms with Gasteiger partial charge in [-0.1, -0.05) is 5.16 Å². The van der Waals surface area contributed by atoms with Crippen molar-refractivity contribution in [3.05, 3.63) is 29.2 Å². The largest absolute Gasteiger partial charge is 0.361 e. The van der Waals surface area contributed by atoms with E-state index in [1.165, 1.54) is 0 Å². The highest BCUT2D eigenvalue weighted by atomic mass is 16.5. The zero-order valence-corrected chi connectivity index (χ0v) is 10.1. The van der Waals surface area contributed by atoms with E-state index in [1.54, 1.807) is 0 Å². The van der Waals surface area contributed by atoms with E-state index in [0.29, 0.717) is 0 Å². The fraction of sp³-hybridized carbons (Fsp3) is 0.545. The fourth-order valence-electron chi connectivity index (χ4n) is 2.21. The first kappa shape index (κ1) is 10.5. The Kier molecular flexibility index (Phi) is 2.44. The van der Waals surface area contributed by atoms with Crippen LogP contribution in [0.1, 0.15) is 23.1 Å². The highest BCUT2D eigenvalue weighted by Gasteiger charge is 2.20. The number of aryl methyl sites for hydroxylation is 2. The van der Waals surface area contributed by atoms with Gasteiger partial charge in [-0.2, -0.15) is 0 Å². The summed E-state index contributed by atoms with van der Waals surface area (Å²) < 4.78 is 7.24. The van der Waals surface area contributed by atoms with Crippen molar-refractivity contribution in [2.75, 3.05) is 6.54 Å². The Hall–Kier alpha value is -1.69. The molecule has 0 fully saturated rings. The third-order valence-electron chi connectivity index (χ3n) is 3.08. The van der Waals surface area contributed by atoms with E-state index in [1.807, 2.05) is 19.9 Å². The summed E-state index contributed by atoms with van der Waals surface area (Å²) in [6, 6.07) is 1.98. The second-order valence-electron chi connectivity index (χ2n) is 4.45. The molecule has 17 heavy (non-hydrogen) atoms. The molecule has 0 aliphatic carbocycles. The highest BCUT2D eigenvalue weighted by Crippen LogP contribution is 2.14. The smallest absolute Gasteiger partial charge is 0.147 e. The zero-order chi connectivity index (χ0) is 11.8. The van der Waals surface area contributed by atoms with Crippen molar-refractivity contribution in [1.29, 1.82) is 0 Å². The molecule has 0 saturated heterocycles. The molecule has 1 aliphatic rings. The Balaban J connectivity index is 1.72. The van der Waals surface area contributed by atoms with E-state index < -0.39 is 0 Å². The second-order valence-corrected chi connectivity index (χ2v) is 4.45. The maximum absolute atomic E-state index is 5.07. The topological polar surface area (TPSA) is 60.0 Å². The number of nitrogens with zero attached hydrogens (tertiary/aromatic N) is 5. The number of rotatable bonds is 2. The van der Waals surface area contributed by atoms with E-state index >= 15 is 0 Å². The number of hydrogen-bond donors (Lipinski definition) is 0. The van der Waals surface area contributed by atoms with Crippen molar-refractivity contribution >= 4 is 0 Å². The third kappa shape index (κ3) is 1.95. The lowest BCUT2D eigenvalue weighted by Gasteiger charge is -2.26. The Morgan fingerprint density at radius 3 is 2.94 bits per heavy atom. The van der Waals surface area contributed by atoms with Crippen LogP contribution in [0.4, 0.5) is 0 Å². The first-order chi connectivity index (χ1) is 8.22. The summed E-state index contributed by atoms with van der Waals surface area (Å²) in [7, 11) is 0. The van der Waals surface area contributed by atoms with Gasteiger partial charge >= 0.3 is 0 Å². The molecule has 2 aromatic heterocycles. The molecule has 6 nitrogen and oxygen atoms in total. The van der Waals surface area contributed by atoms with Crippen LogP contribution in [0.25, 0.3) is 0 Å². The monoisotopic (exact) mass is 233 g/mol. The van der Waals surface area contributed by atoms with Crippen LogP contribution in [0.3, 0.4) is 0 Å². The molecule has 0 spiro atoms. The fourth-order valence-corrected chi connectivity index (χ4v) is 2.21. The summed E-state index contributed by atoms with van der Waals surface area (Å²) in [5.41, 5.74) is 0.979. The second kappa shape index (κ2) is 3.96. The van der Waals surface area contributed by atoms with Crippen LogP contribution < -0.4 is 0 Å². The van der Waals surface area contributed by atoms with Crippen molar-refractivity contribution in [2.45, 2.75) is 33.5 Å². The van der Waals surface area contributed by atoms with E-state index in [2.05, 4.69) is 24.8 Å². The van der Waals surface area contributed by atoms with Crippen LogP contribution in [0.5, 0.6) is 0 Å². The van der Waals surface area contributed by atoms with Gasteiger partial charge in [-0.25, -0.2) is 0 Å². The lowest BCUT2D eigenvalue weighted by molar-refractivity contribution is 0.202. The van der Waals surface area contributed by atoms with Gasteiger partial charge in [-0.3, -0.25) is 4.90 Å². The van der Waals surface area contributed by atoms with E-state index in [4.69, 9.17) is 4.52 Å². The molecule has 0 bridgehead atoms. The molecule has 0 saturated carbocycles. The van der Waals surface area contributed by atoms with Crippen molar-refractivity contribution < 1.29 is 4.52 Å². The predicted molar refractivity (Wildman–Crippen MR) is 60.1 cm³/mol. The summed E-state index contributed by atoms with van der Waals surface area (Å²) in [5.74, 6) is 2.89. The molecule has 0 unspecified atom stereocenters. The van der Waals surface area contributed by atoms with Gasteiger partial charge in [0.2, 0.25) is 0 Å². The quantitative estimate of drug-likeness (QED) is 0.771. The molecule has 6 heteroatoms.